The van der Waals surface area contributed by atoms with Crippen molar-refractivity contribution >= 4 is 40.8 Å². The number of nitrogens with one attached hydrogen (secondary N) is 1. The molecule has 1 amide bonds. The first-order valence-corrected chi connectivity index (χ1v) is 8.99. The molecule has 8 nitrogen and oxygen atoms in total. The number of carboxylic acid groups (broad SMARTS) is 1. The van der Waals surface area contributed by atoms with E-state index in [1.807, 2.05) is 13.0 Å². The molecule has 10 heteroatoms. The van der Waals surface area contributed by atoms with Crippen LogP contribution in [0.1, 0.15) is 37.8 Å². The van der Waals surface area contributed by atoms with Crippen LogP contribution in [0.4, 0.5) is 5.69 Å². The number of hydrogen-bond donors (Lipinski definition) is 2. The van der Waals surface area contributed by atoms with E-state index < -0.39 is 11.9 Å². The Bertz CT molecular complexity index is 1090. The third kappa shape index (κ3) is 3.74. The lowest BCUT2D eigenvalue weighted by Gasteiger charge is -2.08. The van der Waals surface area contributed by atoms with Gasteiger partial charge in [-0.15, -0.1) is 0 Å². The Balaban J connectivity index is 1.87. The summed E-state index contributed by atoms with van der Waals surface area (Å²) in [5.74, 6) is -1.79. The van der Waals surface area contributed by atoms with E-state index >= 15 is 0 Å². The molecule has 3 aromatic rings. The van der Waals surface area contributed by atoms with E-state index in [0.29, 0.717) is 28.0 Å². The van der Waals surface area contributed by atoms with Crippen LogP contribution in [-0.2, 0) is 13.6 Å². The second-order valence-electron chi connectivity index (χ2n) is 6.24. The van der Waals surface area contributed by atoms with Crippen molar-refractivity contribution in [2.75, 3.05) is 5.32 Å². The van der Waals surface area contributed by atoms with Crippen molar-refractivity contribution in [1.29, 1.82) is 0 Å². The Morgan fingerprint density at radius 3 is 2.57 bits per heavy atom. The molecule has 0 radical (unpaired) electrons. The maximum absolute atomic E-state index is 12.6. The van der Waals surface area contributed by atoms with Crippen LogP contribution in [-0.4, -0.2) is 36.5 Å². The van der Waals surface area contributed by atoms with Crippen LogP contribution in [0.2, 0.25) is 10.0 Å². The molecule has 2 N–H and O–H groups in total. The Kier molecular flexibility index (Phi) is 5.44. The van der Waals surface area contributed by atoms with Gasteiger partial charge in [-0.2, -0.15) is 10.2 Å². The molecule has 28 heavy (non-hydrogen) atoms. The summed E-state index contributed by atoms with van der Waals surface area (Å²) < 4.78 is 2.87. The minimum absolute atomic E-state index is 0.0222. The molecule has 146 valence electrons. The molecular formula is C18H17Cl2N5O3. The number of hydrogen-bond acceptors (Lipinski definition) is 4. The Labute approximate surface area is 170 Å². The van der Waals surface area contributed by atoms with Crippen LogP contribution in [0, 0.1) is 13.8 Å². The van der Waals surface area contributed by atoms with Crippen molar-refractivity contribution in [1.82, 2.24) is 19.6 Å². The highest BCUT2D eigenvalue weighted by atomic mass is 35.5. The van der Waals surface area contributed by atoms with E-state index in [-0.39, 0.29) is 11.3 Å². The van der Waals surface area contributed by atoms with E-state index in [4.69, 9.17) is 23.2 Å². The lowest BCUT2D eigenvalue weighted by Crippen LogP contribution is -2.18. The molecule has 1 aromatic carbocycles. The van der Waals surface area contributed by atoms with E-state index in [0.717, 1.165) is 15.9 Å². The molecule has 0 unspecified atom stereocenters. The molecule has 3 rings (SSSR count). The van der Waals surface area contributed by atoms with Gasteiger partial charge in [0.1, 0.15) is 0 Å². The van der Waals surface area contributed by atoms with Gasteiger partial charge >= 0.3 is 5.97 Å². The number of aromatic carboxylic acids is 1. The highest BCUT2D eigenvalue weighted by Gasteiger charge is 2.23. The topological polar surface area (TPSA) is 102 Å². The number of benzene rings is 1. The first-order valence-electron chi connectivity index (χ1n) is 8.23. The van der Waals surface area contributed by atoms with Gasteiger partial charge < -0.3 is 10.4 Å². The second-order valence-corrected chi connectivity index (χ2v) is 7.06. The van der Waals surface area contributed by atoms with Crippen LogP contribution in [0.5, 0.6) is 0 Å². The Morgan fingerprint density at radius 2 is 1.93 bits per heavy atom. The van der Waals surface area contributed by atoms with Gasteiger partial charge in [-0.05, 0) is 31.5 Å². The van der Waals surface area contributed by atoms with Crippen molar-refractivity contribution in [2.45, 2.75) is 20.4 Å². The zero-order chi connectivity index (χ0) is 20.6. The minimum Gasteiger partial charge on any atom is -0.477 e. The Morgan fingerprint density at radius 1 is 1.21 bits per heavy atom. The van der Waals surface area contributed by atoms with Crippen molar-refractivity contribution < 1.29 is 14.7 Å². The average Bonchev–Trinajstić information content (AvgIpc) is 3.13. The molecule has 0 saturated carbocycles. The second kappa shape index (κ2) is 7.65. The molecular weight excluding hydrogens is 405 g/mol. The monoisotopic (exact) mass is 421 g/mol. The number of rotatable bonds is 5. The van der Waals surface area contributed by atoms with Gasteiger partial charge in [0.05, 0.1) is 45.4 Å². The number of anilines is 1. The largest absolute Gasteiger partial charge is 0.477 e. The van der Waals surface area contributed by atoms with Crippen molar-refractivity contribution in [3.63, 3.8) is 0 Å². The zero-order valence-electron chi connectivity index (χ0n) is 15.3. The van der Waals surface area contributed by atoms with E-state index in [2.05, 4.69) is 15.5 Å². The summed E-state index contributed by atoms with van der Waals surface area (Å²) in [6.07, 6.45) is 1.23. The van der Waals surface area contributed by atoms with Crippen molar-refractivity contribution in [3.05, 3.63) is 62.6 Å². The molecule has 2 heterocycles. The van der Waals surface area contributed by atoms with Crippen molar-refractivity contribution in [3.8, 4) is 0 Å². The molecule has 0 aliphatic carbocycles. The van der Waals surface area contributed by atoms with Gasteiger partial charge in [0.2, 0.25) is 0 Å². The normalized spacial score (nSPS) is 10.9. The molecule has 2 aromatic heterocycles. The summed E-state index contributed by atoms with van der Waals surface area (Å²) in [5.41, 5.74) is 2.54. The smallest absolute Gasteiger partial charge is 0.354 e. The highest BCUT2D eigenvalue weighted by molar-refractivity contribution is 6.42. The molecule has 0 spiro atoms. The molecule has 0 atom stereocenters. The van der Waals surface area contributed by atoms with Gasteiger partial charge in [0, 0.05) is 7.05 Å². The summed E-state index contributed by atoms with van der Waals surface area (Å²) in [6.45, 7) is 4.01. The SMILES string of the molecule is Cc1nn(Cc2ccc(Cl)c(Cl)c2)c(C)c1NC(=O)c1cnn(C)c1C(=O)O. The number of amides is 1. The molecule has 0 aliphatic heterocycles. The fraction of sp³-hybridized carbons (Fsp3) is 0.222. The molecule has 0 saturated heterocycles. The third-order valence-corrected chi connectivity index (χ3v) is 5.06. The van der Waals surface area contributed by atoms with Gasteiger partial charge in [-0.25, -0.2) is 4.79 Å². The van der Waals surface area contributed by atoms with Crippen LogP contribution in [0.15, 0.2) is 24.4 Å². The van der Waals surface area contributed by atoms with Crippen LogP contribution in [0.3, 0.4) is 0 Å². The minimum atomic E-state index is -1.23. The number of carboxylic acids is 1. The highest BCUT2D eigenvalue weighted by Crippen LogP contribution is 2.25. The third-order valence-electron chi connectivity index (χ3n) is 4.32. The Hall–Kier alpha value is -2.84. The van der Waals surface area contributed by atoms with E-state index in [1.54, 1.807) is 23.7 Å². The summed E-state index contributed by atoms with van der Waals surface area (Å²) >= 11 is 12.0. The first kappa shape index (κ1) is 19.9. The maximum Gasteiger partial charge on any atom is 0.354 e. The fourth-order valence-corrected chi connectivity index (χ4v) is 3.20. The summed E-state index contributed by atoms with van der Waals surface area (Å²) in [7, 11) is 1.46. The fourth-order valence-electron chi connectivity index (χ4n) is 2.88. The molecule has 0 bridgehead atoms. The summed E-state index contributed by atoms with van der Waals surface area (Å²) in [6, 6.07) is 5.31. The molecule has 0 aliphatic rings. The predicted octanol–water partition coefficient (Wildman–Crippen LogP) is 3.54. The van der Waals surface area contributed by atoms with Gasteiger partial charge in [-0.1, -0.05) is 29.3 Å². The van der Waals surface area contributed by atoms with E-state index in [9.17, 15) is 14.7 Å². The zero-order valence-corrected chi connectivity index (χ0v) is 16.8. The summed E-state index contributed by atoms with van der Waals surface area (Å²) in [5, 5.41) is 21.3. The first-order chi connectivity index (χ1) is 13.2. The van der Waals surface area contributed by atoms with E-state index in [1.165, 1.54) is 13.2 Å². The average molecular weight is 422 g/mol. The molecule has 0 fully saturated rings. The number of aryl methyl sites for hydroxylation is 2. The number of carbonyl (C=O) groups excluding carboxylic acids is 1. The predicted molar refractivity (Wildman–Crippen MR) is 105 cm³/mol. The number of carbonyl (C=O) groups is 2. The lowest BCUT2D eigenvalue weighted by molar-refractivity contribution is 0.0680. The van der Waals surface area contributed by atoms with Gasteiger partial charge in [-0.3, -0.25) is 14.2 Å². The van der Waals surface area contributed by atoms with Crippen LogP contribution < -0.4 is 5.32 Å². The quantitative estimate of drug-likeness (QED) is 0.655. The number of aromatic nitrogens is 4. The van der Waals surface area contributed by atoms with Gasteiger partial charge in [0.25, 0.3) is 5.91 Å². The maximum atomic E-state index is 12.6. The number of halogens is 2. The standard InChI is InChI=1S/C18H17Cl2N5O3/c1-9-15(22-17(26)12-7-21-24(3)16(12)18(27)28)10(2)25(23-9)8-11-4-5-13(19)14(20)6-11/h4-7H,8H2,1-3H3,(H,22,26)(H,27,28). The van der Waals surface area contributed by atoms with Crippen LogP contribution in [0.25, 0.3) is 0 Å². The van der Waals surface area contributed by atoms with Crippen molar-refractivity contribution in [2.24, 2.45) is 7.05 Å². The lowest BCUT2D eigenvalue weighted by atomic mass is 10.2. The van der Waals surface area contributed by atoms with Gasteiger partial charge in [0.15, 0.2) is 5.69 Å². The number of nitrogens with zero attached hydrogens (tertiary/aromatic N) is 4. The summed E-state index contributed by atoms with van der Waals surface area (Å²) in [4.78, 5) is 24.0. The van der Waals surface area contributed by atoms with Crippen LogP contribution >= 0.6 is 23.2 Å².